The van der Waals surface area contributed by atoms with Crippen LogP contribution in [-0.2, 0) is 15.2 Å². The summed E-state index contributed by atoms with van der Waals surface area (Å²) >= 11 is 5.56. The predicted octanol–water partition coefficient (Wildman–Crippen LogP) is 1.60. The van der Waals surface area contributed by atoms with E-state index in [4.69, 9.17) is 11.6 Å². The first-order valence-corrected chi connectivity index (χ1v) is 5.25. The molecule has 0 saturated heterocycles. The summed E-state index contributed by atoms with van der Waals surface area (Å²) < 4.78 is 13.3. The highest BCUT2D eigenvalue weighted by Gasteiger charge is 2.46. The van der Waals surface area contributed by atoms with E-state index in [1.807, 2.05) is 0 Å². The smallest absolute Gasteiger partial charge is 0.261 e. The van der Waals surface area contributed by atoms with Gasteiger partial charge >= 0.3 is 0 Å². The van der Waals surface area contributed by atoms with Crippen molar-refractivity contribution in [3.63, 3.8) is 0 Å². The number of Topliss-reactive ketones (excluding diaryl/α,β-unsaturated/α-hetero) is 1. The summed E-state index contributed by atoms with van der Waals surface area (Å²) in [5, 5.41) is 12.4. The van der Waals surface area contributed by atoms with E-state index in [1.54, 1.807) is 0 Å². The van der Waals surface area contributed by atoms with Gasteiger partial charge in [-0.05, 0) is 19.1 Å². The number of hydrogen-bond acceptors (Lipinski definition) is 3. The highest BCUT2D eigenvalue weighted by atomic mass is 35.5. The summed E-state index contributed by atoms with van der Waals surface area (Å²) in [5.74, 6) is -1.86. The number of anilines is 1. The number of fused-ring (bicyclic) bond motifs is 1. The molecule has 0 spiro atoms. The zero-order valence-electron chi connectivity index (χ0n) is 8.88. The van der Waals surface area contributed by atoms with Gasteiger partial charge in [-0.25, -0.2) is 4.39 Å². The van der Waals surface area contributed by atoms with Crippen molar-refractivity contribution in [1.82, 2.24) is 0 Å². The van der Waals surface area contributed by atoms with Gasteiger partial charge in [0.05, 0.1) is 5.02 Å². The van der Waals surface area contributed by atoms with Crippen LogP contribution in [0.3, 0.4) is 0 Å². The van der Waals surface area contributed by atoms with E-state index in [2.05, 4.69) is 5.32 Å². The van der Waals surface area contributed by atoms with Crippen LogP contribution in [-0.4, -0.2) is 16.8 Å². The Morgan fingerprint density at radius 1 is 1.59 bits per heavy atom. The number of rotatable bonds is 2. The van der Waals surface area contributed by atoms with E-state index < -0.39 is 23.7 Å². The van der Waals surface area contributed by atoms with Crippen molar-refractivity contribution in [3.05, 3.63) is 28.5 Å². The summed E-state index contributed by atoms with van der Waals surface area (Å²) in [6.45, 7) is 1.25. The highest BCUT2D eigenvalue weighted by molar-refractivity contribution is 6.31. The van der Waals surface area contributed by atoms with E-state index in [0.29, 0.717) is 0 Å². The lowest BCUT2D eigenvalue weighted by Gasteiger charge is -2.19. The zero-order chi connectivity index (χ0) is 12.8. The van der Waals surface area contributed by atoms with Gasteiger partial charge in [-0.1, -0.05) is 11.6 Å². The van der Waals surface area contributed by atoms with Gasteiger partial charge < -0.3 is 10.4 Å². The van der Waals surface area contributed by atoms with Crippen molar-refractivity contribution < 1.29 is 19.1 Å². The van der Waals surface area contributed by atoms with E-state index in [9.17, 15) is 19.1 Å². The summed E-state index contributed by atoms with van der Waals surface area (Å²) in [6.07, 6.45) is -0.396. The van der Waals surface area contributed by atoms with Gasteiger partial charge in [0.1, 0.15) is 11.6 Å². The Hall–Kier alpha value is -1.46. The molecule has 1 aromatic carbocycles. The molecule has 0 fully saturated rings. The van der Waals surface area contributed by atoms with E-state index >= 15 is 0 Å². The quantitative estimate of drug-likeness (QED) is 0.846. The average molecular weight is 258 g/mol. The minimum Gasteiger partial charge on any atom is -0.375 e. The lowest BCUT2D eigenvalue weighted by molar-refractivity contribution is -0.139. The van der Waals surface area contributed by atoms with Gasteiger partial charge in [0.25, 0.3) is 5.91 Å². The van der Waals surface area contributed by atoms with Crippen LogP contribution in [0.15, 0.2) is 12.1 Å². The number of amides is 1. The minimum absolute atomic E-state index is 0.0413. The first-order chi connectivity index (χ1) is 7.84. The molecule has 0 aliphatic carbocycles. The van der Waals surface area contributed by atoms with E-state index in [-0.39, 0.29) is 22.1 Å². The molecule has 6 heteroatoms. The number of benzene rings is 1. The third kappa shape index (κ3) is 1.81. The number of carbonyl (C=O) groups excluding carboxylic acids is 2. The van der Waals surface area contributed by atoms with Crippen LogP contribution in [0.2, 0.25) is 5.02 Å². The zero-order valence-corrected chi connectivity index (χ0v) is 9.64. The highest BCUT2D eigenvalue weighted by Crippen LogP contribution is 2.40. The first kappa shape index (κ1) is 12.0. The van der Waals surface area contributed by atoms with Crippen LogP contribution in [0.1, 0.15) is 18.9 Å². The van der Waals surface area contributed by atoms with Gasteiger partial charge in [-0.2, -0.15) is 0 Å². The Kier molecular flexibility index (Phi) is 2.67. The van der Waals surface area contributed by atoms with Crippen molar-refractivity contribution in [3.8, 4) is 0 Å². The molecule has 2 rings (SSSR count). The minimum atomic E-state index is -2.01. The second-order valence-corrected chi connectivity index (χ2v) is 4.41. The molecule has 1 unspecified atom stereocenters. The van der Waals surface area contributed by atoms with Crippen LogP contribution < -0.4 is 5.32 Å². The first-order valence-electron chi connectivity index (χ1n) is 4.87. The molecule has 1 heterocycles. The molecular weight excluding hydrogens is 249 g/mol. The maximum Gasteiger partial charge on any atom is 0.261 e. The number of nitrogens with one attached hydrogen (secondary N) is 1. The van der Waals surface area contributed by atoms with Gasteiger partial charge in [0, 0.05) is 17.7 Å². The Labute approximate surface area is 101 Å². The molecule has 17 heavy (non-hydrogen) atoms. The largest absolute Gasteiger partial charge is 0.375 e. The second-order valence-electron chi connectivity index (χ2n) is 4.01. The molecule has 4 nitrogen and oxygen atoms in total. The van der Waals surface area contributed by atoms with Crippen molar-refractivity contribution in [1.29, 1.82) is 0 Å². The lowest BCUT2D eigenvalue weighted by atomic mass is 9.90. The van der Waals surface area contributed by atoms with Crippen LogP contribution >= 0.6 is 11.6 Å². The molecule has 0 bridgehead atoms. The monoisotopic (exact) mass is 257 g/mol. The summed E-state index contributed by atoms with van der Waals surface area (Å²) in [4.78, 5) is 22.7. The van der Waals surface area contributed by atoms with Gasteiger partial charge in [-0.15, -0.1) is 0 Å². The summed E-state index contributed by atoms with van der Waals surface area (Å²) in [7, 11) is 0. The SMILES string of the molecule is CC(=O)CC1(O)C(=O)Nc2cc(Cl)c(F)cc21. The fourth-order valence-corrected chi connectivity index (χ4v) is 2.04. The van der Waals surface area contributed by atoms with Crippen LogP contribution in [0.4, 0.5) is 10.1 Å². The van der Waals surface area contributed by atoms with Gasteiger partial charge in [0.2, 0.25) is 0 Å². The summed E-state index contributed by atoms with van der Waals surface area (Å²) in [5.41, 5.74) is -1.74. The molecule has 0 radical (unpaired) electrons. The Bertz CT molecular complexity index is 532. The van der Waals surface area contributed by atoms with Crippen LogP contribution in [0.25, 0.3) is 0 Å². The topological polar surface area (TPSA) is 66.4 Å². The molecule has 90 valence electrons. The van der Waals surface area contributed by atoms with Crippen molar-refractivity contribution >= 4 is 29.0 Å². The predicted molar refractivity (Wildman–Crippen MR) is 59.2 cm³/mol. The Morgan fingerprint density at radius 2 is 2.24 bits per heavy atom. The van der Waals surface area contributed by atoms with Crippen molar-refractivity contribution in [2.45, 2.75) is 18.9 Å². The molecule has 0 aromatic heterocycles. The second kappa shape index (κ2) is 3.78. The Morgan fingerprint density at radius 3 is 2.82 bits per heavy atom. The van der Waals surface area contributed by atoms with E-state index in [1.165, 1.54) is 13.0 Å². The lowest BCUT2D eigenvalue weighted by Crippen LogP contribution is -2.36. The third-order valence-corrected chi connectivity index (χ3v) is 2.92. The average Bonchev–Trinajstić information content (AvgIpc) is 2.41. The third-order valence-electron chi connectivity index (χ3n) is 2.63. The standard InChI is InChI=1S/C11H9ClFNO3/c1-5(15)4-11(17)6-2-8(13)7(12)3-9(6)14-10(11)16/h2-3,17H,4H2,1H3,(H,14,16). The molecule has 1 atom stereocenters. The molecular formula is C11H9ClFNO3. The fourth-order valence-electron chi connectivity index (χ4n) is 1.88. The molecule has 2 N–H and O–H groups in total. The molecule has 1 aliphatic rings. The number of hydrogen-bond donors (Lipinski definition) is 2. The maximum absolute atomic E-state index is 13.3. The normalized spacial score (nSPS) is 22.2. The van der Waals surface area contributed by atoms with Gasteiger partial charge in [-0.3, -0.25) is 9.59 Å². The fraction of sp³-hybridized carbons (Fsp3) is 0.273. The number of aliphatic hydroxyl groups is 1. The molecule has 0 saturated carbocycles. The maximum atomic E-state index is 13.3. The molecule has 1 aromatic rings. The molecule has 1 aliphatic heterocycles. The Balaban J connectivity index is 2.57. The van der Waals surface area contributed by atoms with Crippen LogP contribution in [0, 0.1) is 5.82 Å². The van der Waals surface area contributed by atoms with Crippen molar-refractivity contribution in [2.24, 2.45) is 0 Å². The number of ketones is 1. The van der Waals surface area contributed by atoms with Gasteiger partial charge in [0.15, 0.2) is 5.60 Å². The van der Waals surface area contributed by atoms with Crippen LogP contribution in [0.5, 0.6) is 0 Å². The number of halogens is 2. The number of carbonyl (C=O) groups is 2. The van der Waals surface area contributed by atoms with E-state index in [0.717, 1.165) is 6.07 Å². The van der Waals surface area contributed by atoms with Crippen molar-refractivity contribution in [2.75, 3.05) is 5.32 Å². The summed E-state index contributed by atoms with van der Waals surface area (Å²) in [6, 6.07) is 2.18. The molecule has 1 amide bonds.